The van der Waals surface area contributed by atoms with E-state index in [9.17, 15) is 8.42 Å². The van der Waals surface area contributed by atoms with E-state index >= 15 is 0 Å². The Morgan fingerprint density at radius 2 is 1.71 bits per heavy atom. The summed E-state index contributed by atoms with van der Waals surface area (Å²) in [6.07, 6.45) is 0. The van der Waals surface area contributed by atoms with Crippen molar-refractivity contribution >= 4 is 20.9 Å². The van der Waals surface area contributed by atoms with Crippen LogP contribution in [-0.2, 0) is 10.1 Å². The number of hydrogen-bond acceptors (Lipinski definition) is 2. The summed E-state index contributed by atoms with van der Waals surface area (Å²) in [6.45, 7) is 0. The van der Waals surface area contributed by atoms with Gasteiger partial charge >= 0.3 is 0 Å². The highest BCUT2D eigenvalue weighted by Crippen LogP contribution is 2.17. The fourth-order valence-corrected chi connectivity index (χ4v) is 1.70. The highest BCUT2D eigenvalue weighted by atomic mass is 32.2. The van der Waals surface area contributed by atoms with Crippen LogP contribution in [0.4, 0.5) is 0 Å². The van der Waals surface area contributed by atoms with Gasteiger partial charge in [0.25, 0.3) is 10.1 Å². The highest BCUT2D eigenvalue weighted by molar-refractivity contribution is 7.85. The molecule has 70 valence electrons. The van der Waals surface area contributed by atoms with Crippen LogP contribution in [0.2, 0.25) is 0 Å². The smallest absolute Gasteiger partial charge is 0.282 e. The summed E-state index contributed by atoms with van der Waals surface area (Å²) in [5.41, 5.74) is 0. The fourth-order valence-electron chi connectivity index (χ4n) is 1.19. The maximum Gasteiger partial charge on any atom is 0.294 e. The second-order valence-electron chi connectivity index (χ2n) is 2.80. The Hall–Kier alpha value is -1.39. The van der Waals surface area contributed by atoms with Crippen molar-refractivity contribution in [1.82, 2.24) is 0 Å². The van der Waals surface area contributed by atoms with Crippen molar-refractivity contribution in [2.24, 2.45) is 0 Å². The number of fused-ring (bicyclic) bond motifs is 1. The first-order valence-corrected chi connectivity index (χ1v) is 5.31. The predicted molar refractivity (Wildman–Crippen MR) is 51.4 cm³/mol. The molecule has 1 N–H and O–H groups in total. The molecule has 0 heterocycles. The molecule has 0 bridgehead atoms. The van der Waals surface area contributed by atoms with Crippen LogP contribution < -0.4 is 0 Å². The molecule has 0 amide bonds. The van der Waals surface area contributed by atoms with Crippen LogP contribution in [0.1, 0.15) is 0 Å². The lowest BCUT2D eigenvalue weighted by molar-refractivity contribution is 0.483. The standard InChI is InChI=1S/C10H6O3S/c11-14(12,13)10-6-5-8-3-1-2-4-9(8)7-10/h1-2,5-7H,(H,11,12,13). The van der Waals surface area contributed by atoms with Crippen LogP contribution in [0, 0.1) is 12.1 Å². The van der Waals surface area contributed by atoms with Crippen LogP contribution in [0.3, 0.4) is 0 Å². The van der Waals surface area contributed by atoms with Gasteiger partial charge in [-0.25, -0.2) is 0 Å². The molecule has 0 saturated carbocycles. The topological polar surface area (TPSA) is 54.4 Å². The Kier molecular flexibility index (Phi) is 2.02. The molecule has 2 aromatic rings. The third-order valence-corrected chi connectivity index (χ3v) is 2.70. The number of rotatable bonds is 1. The van der Waals surface area contributed by atoms with E-state index in [-0.39, 0.29) is 4.90 Å². The van der Waals surface area contributed by atoms with Gasteiger partial charge in [0, 0.05) is 0 Å². The Morgan fingerprint density at radius 3 is 2.36 bits per heavy atom. The van der Waals surface area contributed by atoms with Crippen molar-refractivity contribution in [2.45, 2.75) is 4.90 Å². The van der Waals surface area contributed by atoms with E-state index in [1.165, 1.54) is 12.1 Å². The van der Waals surface area contributed by atoms with Crippen molar-refractivity contribution in [3.8, 4) is 0 Å². The molecule has 0 aromatic heterocycles. The minimum atomic E-state index is -4.13. The zero-order valence-electron chi connectivity index (χ0n) is 7.06. The molecule has 0 spiro atoms. The van der Waals surface area contributed by atoms with Crippen LogP contribution >= 0.6 is 0 Å². The maximum atomic E-state index is 10.8. The monoisotopic (exact) mass is 206 g/mol. The van der Waals surface area contributed by atoms with Gasteiger partial charge in [0.1, 0.15) is 0 Å². The molecule has 0 atom stereocenters. The molecule has 2 rings (SSSR count). The van der Waals surface area contributed by atoms with Gasteiger partial charge in [0.2, 0.25) is 0 Å². The van der Waals surface area contributed by atoms with Crippen molar-refractivity contribution in [2.75, 3.05) is 0 Å². The maximum absolute atomic E-state index is 10.8. The first-order chi connectivity index (χ1) is 6.57. The second kappa shape index (κ2) is 3.08. The quantitative estimate of drug-likeness (QED) is 0.722. The molecular formula is C10H6O3S. The van der Waals surface area contributed by atoms with Crippen LogP contribution in [0.25, 0.3) is 10.8 Å². The Morgan fingerprint density at radius 1 is 1.07 bits per heavy atom. The minimum Gasteiger partial charge on any atom is -0.282 e. The molecule has 0 unspecified atom stereocenters. The zero-order chi connectivity index (χ0) is 10.2. The molecule has 14 heavy (non-hydrogen) atoms. The van der Waals surface area contributed by atoms with Gasteiger partial charge in [-0.15, -0.1) is 0 Å². The molecule has 2 aromatic carbocycles. The number of benzene rings is 2. The SMILES string of the molecule is O=S(=O)(O)c1ccc2[c]cc[c]c2c1. The summed E-state index contributed by atoms with van der Waals surface area (Å²) >= 11 is 0. The van der Waals surface area contributed by atoms with E-state index in [4.69, 9.17) is 4.55 Å². The van der Waals surface area contributed by atoms with Crippen LogP contribution in [0.5, 0.6) is 0 Å². The summed E-state index contributed by atoms with van der Waals surface area (Å²) in [5.74, 6) is 0. The summed E-state index contributed by atoms with van der Waals surface area (Å²) in [5, 5.41) is 1.38. The van der Waals surface area contributed by atoms with E-state index in [2.05, 4.69) is 12.1 Å². The van der Waals surface area contributed by atoms with E-state index in [1.807, 2.05) is 0 Å². The molecule has 0 saturated heterocycles. The molecule has 2 radical (unpaired) electrons. The Labute approximate surface area is 81.7 Å². The van der Waals surface area contributed by atoms with Crippen molar-refractivity contribution < 1.29 is 13.0 Å². The van der Waals surface area contributed by atoms with Gasteiger partial charge in [-0.2, -0.15) is 8.42 Å². The van der Waals surface area contributed by atoms with Gasteiger partial charge < -0.3 is 0 Å². The van der Waals surface area contributed by atoms with E-state index in [0.717, 1.165) is 5.39 Å². The molecule has 3 nitrogen and oxygen atoms in total. The van der Waals surface area contributed by atoms with Gasteiger partial charge in [-0.05, 0) is 35.0 Å². The third kappa shape index (κ3) is 1.62. The molecular weight excluding hydrogens is 200 g/mol. The van der Waals surface area contributed by atoms with Gasteiger partial charge in [0.15, 0.2) is 0 Å². The van der Waals surface area contributed by atoms with E-state index in [0.29, 0.717) is 5.39 Å². The fraction of sp³-hybridized carbons (Fsp3) is 0. The van der Waals surface area contributed by atoms with Gasteiger partial charge in [-0.1, -0.05) is 18.2 Å². The average molecular weight is 206 g/mol. The molecule has 0 aliphatic rings. The van der Waals surface area contributed by atoms with Gasteiger partial charge in [0.05, 0.1) is 4.90 Å². The summed E-state index contributed by atoms with van der Waals surface area (Å²) < 4.78 is 30.4. The minimum absolute atomic E-state index is 0.124. The Balaban J connectivity index is 2.75. The van der Waals surface area contributed by atoms with E-state index < -0.39 is 10.1 Å². The lowest BCUT2D eigenvalue weighted by Gasteiger charge is -1.99. The first-order valence-electron chi connectivity index (χ1n) is 3.87. The van der Waals surface area contributed by atoms with Crippen LogP contribution in [-0.4, -0.2) is 13.0 Å². The van der Waals surface area contributed by atoms with Crippen molar-refractivity contribution in [3.63, 3.8) is 0 Å². The average Bonchev–Trinajstić information content (AvgIpc) is 2.16. The summed E-state index contributed by atoms with van der Waals surface area (Å²) in [7, 11) is -4.13. The molecule has 0 aliphatic heterocycles. The zero-order valence-corrected chi connectivity index (χ0v) is 7.88. The number of hydrogen-bond donors (Lipinski definition) is 1. The highest BCUT2D eigenvalue weighted by Gasteiger charge is 2.08. The van der Waals surface area contributed by atoms with Crippen molar-refractivity contribution in [3.05, 3.63) is 42.5 Å². The lowest BCUT2D eigenvalue weighted by Crippen LogP contribution is -1.97. The molecule has 4 heteroatoms. The molecule has 0 aliphatic carbocycles. The molecule has 0 fully saturated rings. The second-order valence-corrected chi connectivity index (χ2v) is 4.23. The van der Waals surface area contributed by atoms with Gasteiger partial charge in [-0.3, -0.25) is 4.55 Å². The summed E-state index contributed by atoms with van der Waals surface area (Å²) in [6, 6.07) is 13.4. The predicted octanol–water partition coefficient (Wildman–Crippen LogP) is 1.69. The van der Waals surface area contributed by atoms with E-state index in [1.54, 1.807) is 18.2 Å². The van der Waals surface area contributed by atoms with Crippen LogP contribution in [0.15, 0.2) is 35.2 Å². The normalized spacial score (nSPS) is 11.8. The lowest BCUT2D eigenvalue weighted by atomic mass is 10.1. The largest absolute Gasteiger partial charge is 0.294 e. The summed E-state index contributed by atoms with van der Waals surface area (Å²) in [4.78, 5) is -0.124. The first kappa shape index (κ1) is 9.18. The Bertz CT molecular complexity index is 573. The van der Waals surface area contributed by atoms with Crippen molar-refractivity contribution in [1.29, 1.82) is 0 Å². The third-order valence-electron chi connectivity index (χ3n) is 1.85.